The second kappa shape index (κ2) is 5.58. The molecular formula is C21H18N2O4. The van der Waals surface area contributed by atoms with E-state index in [1.807, 2.05) is 50.2 Å². The summed E-state index contributed by atoms with van der Waals surface area (Å²) in [5, 5.41) is 2.94. The highest BCUT2D eigenvalue weighted by atomic mass is 16.5. The van der Waals surface area contributed by atoms with Crippen LogP contribution in [0.4, 0.5) is 0 Å². The van der Waals surface area contributed by atoms with Crippen LogP contribution in [0.1, 0.15) is 13.8 Å². The summed E-state index contributed by atoms with van der Waals surface area (Å²) in [5.74, 6) is 0.994. The lowest BCUT2D eigenvalue weighted by Gasteiger charge is -2.31. The van der Waals surface area contributed by atoms with Crippen molar-refractivity contribution in [1.82, 2.24) is 0 Å². The van der Waals surface area contributed by atoms with E-state index in [1.165, 1.54) is 0 Å². The van der Waals surface area contributed by atoms with Crippen molar-refractivity contribution < 1.29 is 19.0 Å². The second-order valence-electron chi connectivity index (χ2n) is 6.64. The summed E-state index contributed by atoms with van der Waals surface area (Å²) < 4.78 is 17.8. The number of carbonyl (C=O) groups is 1. The number of fused-ring (bicyclic) bond motifs is 4. The van der Waals surface area contributed by atoms with Crippen molar-refractivity contribution in [2.24, 2.45) is 9.98 Å². The number of rotatable bonds is 4. The minimum absolute atomic E-state index is 0.322. The van der Waals surface area contributed by atoms with Gasteiger partial charge in [0.25, 0.3) is 0 Å². The molecule has 3 aliphatic heterocycles. The van der Waals surface area contributed by atoms with E-state index in [9.17, 15) is 4.79 Å². The number of nitrogens with zero attached hydrogens (tertiary/aromatic N) is 2. The molecule has 0 radical (unpaired) electrons. The van der Waals surface area contributed by atoms with Crippen molar-refractivity contribution >= 4 is 17.9 Å². The smallest absolute Gasteiger partial charge is 0.249 e. The number of ether oxygens (including phenoxy) is 3. The van der Waals surface area contributed by atoms with Crippen molar-refractivity contribution in [2.45, 2.75) is 25.3 Å². The fraction of sp³-hybridized carbons (Fsp3) is 0.286. The minimum Gasteiger partial charge on any atom is -0.457 e. The third kappa shape index (κ3) is 2.30. The van der Waals surface area contributed by atoms with Gasteiger partial charge in [-0.2, -0.15) is 0 Å². The second-order valence-corrected chi connectivity index (χ2v) is 6.64. The first-order valence-electron chi connectivity index (χ1n) is 9.04. The molecule has 0 amide bonds. The maximum Gasteiger partial charge on any atom is 0.249 e. The Kier molecular flexibility index (Phi) is 3.38. The van der Waals surface area contributed by atoms with E-state index >= 15 is 0 Å². The lowest BCUT2D eigenvalue weighted by molar-refractivity contribution is -0.153. The van der Waals surface area contributed by atoms with Gasteiger partial charge >= 0.3 is 0 Å². The summed E-state index contributed by atoms with van der Waals surface area (Å²) in [5.41, 5.74) is -2.95. The van der Waals surface area contributed by atoms with Crippen LogP contribution < -0.4 is 25.9 Å². The van der Waals surface area contributed by atoms with Crippen LogP contribution in [0.15, 0.2) is 46.4 Å². The van der Waals surface area contributed by atoms with Crippen LogP contribution in [0.5, 0.6) is 11.5 Å². The Hall–Kier alpha value is -2.83. The Labute approximate surface area is 155 Å². The van der Waals surface area contributed by atoms with Gasteiger partial charge in [0.1, 0.15) is 11.5 Å². The van der Waals surface area contributed by atoms with E-state index in [2.05, 4.69) is 9.98 Å². The molecule has 0 spiro atoms. The first-order chi connectivity index (χ1) is 13.1. The molecule has 0 saturated carbocycles. The average Bonchev–Trinajstić information content (AvgIpc) is 3.19. The molecule has 2 atom stereocenters. The molecule has 0 aliphatic carbocycles. The predicted octanol–water partition coefficient (Wildman–Crippen LogP) is 0.355. The molecule has 6 bridgehead atoms. The largest absolute Gasteiger partial charge is 0.457 e. The van der Waals surface area contributed by atoms with Crippen LogP contribution in [0, 0.1) is 0 Å². The zero-order valence-corrected chi connectivity index (χ0v) is 15.1. The van der Waals surface area contributed by atoms with Gasteiger partial charge in [0, 0.05) is 23.7 Å². The van der Waals surface area contributed by atoms with Gasteiger partial charge in [0.2, 0.25) is 17.2 Å². The number of hydrogen-bond donors (Lipinski definition) is 0. The number of hydrogen-bond acceptors (Lipinski definition) is 6. The normalized spacial score (nSPS) is 26.4. The van der Waals surface area contributed by atoms with Crippen molar-refractivity contribution in [3.05, 3.63) is 57.5 Å². The van der Waals surface area contributed by atoms with Crippen LogP contribution in [0.2, 0.25) is 0 Å². The fourth-order valence-corrected chi connectivity index (χ4v) is 3.82. The highest BCUT2D eigenvalue weighted by Gasteiger charge is 2.52. The predicted molar refractivity (Wildman–Crippen MR) is 97.2 cm³/mol. The molecule has 0 N–H and O–H groups in total. The molecule has 5 rings (SSSR count). The van der Waals surface area contributed by atoms with Crippen molar-refractivity contribution in [3.63, 3.8) is 0 Å². The molecule has 0 fully saturated rings. The topological polar surface area (TPSA) is 69.5 Å². The van der Waals surface area contributed by atoms with E-state index in [4.69, 9.17) is 14.2 Å². The van der Waals surface area contributed by atoms with E-state index in [-0.39, 0.29) is 5.78 Å². The summed E-state index contributed by atoms with van der Waals surface area (Å²) in [6.45, 7) is 4.32. The summed E-state index contributed by atoms with van der Waals surface area (Å²) in [6, 6.07) is 11.1. The molecule has 2 aromatic carbocycles. The highest BCUT2D eigenvalue weighted by molar-refractivity contribution is 6.04. The Morgan fingerprint density at radius 3 is 1.78 bits per heavy atom. The zero-order valence-electron chi connectivity index (χ0n) is 15.1. The maximum atomic E-state index is 13.8. The SMILES string of the molecule is CCOC12C=c3cc(ccc3=N1)Oc1ccc3c(c1)=CC(OCC)(N=3)C2=O. The molecule has 3 aliphatic rings. The number of benzene rings is 2. The Balaban J connectivity index is 1.85. The molecule has 0 saturated heterocycles. The lowest BCUT2D eigenvalue weighted by atomic mass is 9.97. The fourth-order valence-electron chi connectivity index (χ4n) is 3.82. The summed E-state index contributed by atoms with van der Waals surface area (Å²) in [4.78, 5) is 23.0. The molecule has 6 nitrogen and oxygen atoms in total. The average molecular weight is 362 g/mol. The van der Waals surface area contributed by atoms with Crippen molar-refractivity contribution in [2.75, 3.05) is 13.2 Å². The van der Waals surface area contributed by atoms with Crippen molar-refractivity contribution in [1.29, 1.82) is 0 Å². The molecule has 136 valence electrons. The van der Waals surface area contributed by atoms with Gasteiger partial charge in [0.05, 0.1) is 10.7 Å². The summed E-state index contributed by atoms with van der Waals surface area (Å²) in [6.07, 6.45) is 3.47. The van der Waals surface area contributed by atoms with E-state index in [0.717, 1.165) is 10.4 Å². The third-order valence-electron chi connectivity index (χ3n) is 4.89. The Bertz CT molecular complexity index is 1130. The van der Waals surface area contributed by atoms with Gasteiger partial charge in [-0.1, -0.05) is 0 Å². The number of Topliss-reactive ketones (excluding diaryl/α,β-unsaturated/α-hetero) is 1. The van der Waals surface area contributed by atoms with Crippen LogP contribution in [-0.4, -0.2) is 30.4 Å². The van der Waals surface area contributed by atoms with E-state index < -0.39 is 11.4 Å². The first kappa shape index (κ1) is 16.4. The van der Waals surface area contributed by atoms with Gasteiger partial charge < -0.3 is 14.2 Å². The summed E-state index contributed by atoms with van der Waals surface area (Å²) in [7, 11) is 0. The standard InChI is InChI=1S/C21H18N2O4/c1-3-25-20-11-13-9-15(5-7-17(13)22-20)27-16-6-8-18-14(10-16)12-21(23-18,19(20)24)26-4-2/h5-12H,3-4H2,1-2H3. The molecule has 3 heterocycles. The summed E-state index contributed by atoms with van der Waals surface area (Å²) >= 11 is 0. The minimum atomic E-state index is -1.48. The van der Waals surface area contributed by atoms with Gasteiger partial charge in [-0.05, 0) is 62.4 Å². The maximum absolute atomic E-state index is 13.8. The Morgan fingerprint density at radius 2 is 1.33 bits per heavy atom. The zero-order chi connectivity index (χ0) is 18.6. The molecular weight excluding hydrogens is 344 g/mol. The van der Waals surface area contributed by atoms with E-state index in [1.54, 1.807) is 12.2 Å². The van der Waals surface area contributed by atoms with Gasteiger partial charge in [-0.15, -0.1) is 0 Å². The molecule has 6 heteroatoms. The van der Waals surface area contributed by atoms with Crippen LogP contribution >= 0.6 is 0 Å². The van der Waals surface area contributed by atoms with Crippen LogP contribution in [0.3, 0.4) is 0 Å². The Morgan fingerprint density at radius 1 is 0.852 bits per heavy atom. The monoisotopic (exact) mass is 362 g/mol. The van der Waals surface area contributed by atoms with Crippen LogP contribution in [-0.2, 0) is 14.3 Å². The highest BCUT2D eigenvalue weighted by Crippen LogP contribution is 2.31. The van der Waals surface area contributed by atoms with Gasteiger partial charge in [0.15, 0.2) is 0 Å². The molecule has 2 aromatic rings. The van der Waals surface area contributed by atoms with E-state index in [0.29, 0.717) is 35.4 Å². The quantitative estimate of drug-likeness (QED) is 0.787. The number of ketones is 1. The third-order valence-corrected chi connectivity index (χ3v) is 4.89. The molecule has 2 unspecified atom stereocenters. The molecule has 27 heavy (non-hydrogen) atoms. The molecule has 0 aromatic heterocycles. The van der Waals surface area contributed by atoms with Gasteiger partial charge in [-0.25, -0.2) is 9.98 Å². The lowest BCUT2D eigenvalue weighted by Crippen LogP contribution is -2.51. The van der Waals surface area contributed by atoms with Crippen LogP contribution in [0.25, 0.3) is 12.2 Å². The van der Waals surface area contributed by atoms with Crippen molar-refractivity contribution in [3.8, 4) is 11.5 Å². The first-order valence-corrected chi connectivity index (χ1v) is 9.04. The van der Waals surface area contributed by atoms with Gasteiger partial charge in [-0.3, -0.25) is 4.79 Å². The number of carbonyl (C=O) groups excluding carboxylic acids is 1.